The molecule has 7 nitrogen and oxygen atoms in total. The van der Waals surface area contributed by atoms with Crippen molar-refractivity contribution < 1.29 is 23.8 Å². The van der Waals surface area contributed by atoms with E-state index in [0.717, 1.165) is 0 Å². The smallest absolute Gasteiger partial charge is 0.255 e. The summed E-state index contributed by atoms with van der Waals surface area (Å²) in [4.78, 5) is 24.7. The van der Waals surface area contributed by atoms with E-state index in [9.17, 15) is 9.59 Å². The van der Waals surface area contributed by atoms with Crippen molar-refractivity contribution in [2.24, 2.45) is 0 Å². The number of ether oxygens (including phenoxy) is 3. The second-order valence-corrected chi connectivity index (χ2v) is 6.84. The van der Waals surface area contributed by atoms with Crippen LogP contribution in [-0.4, -0.2) is 45.3 Å². The standard InChI is InChI=1S/C21H25ClN2O5/c1-13(2)29-18-8-5-14(11-19(18)28-4)20(25)24-15-6-7-16(17(22)12-15)21(26)23-9-10-27-3/h5-8,11-13H,9-10H2,1-4H3,(H,23,26)(H,24,25). The van der Waals surface area contributed by atoms with Crippen molar-refractivity contribution in [2.45, 2.75) is 20.0 Å². The molecule has 0 radical (unpaired) electrons. The summed E-state index contributed by atoms with van der Waals surface area (Å²) in [6.07, 6.45) is -0.0177. The van der Waals surface area contributed by atoms with Gasteiger partial charge < -0.3 is 24.8 Å². The highest BCUT2D eigenvalue weighted by molar-refractivity contribution is 6.34. The molecule has 0 aliphatic carbocycles. The fraction of sp³-hybridized carbons (Fsp3) is 0.333. The molecule has 0 saturated carbocycles. The minimum Gasteiger partial charge on any atom is -0.493 e. The third-order valence-corrected chi connectivity index (χ3v) is 4.16. The lowest BCUT2D eigenvalue weighted by atomic mass is 10.1. The van der Waals surface area contributed by atoms with E-state index in [1.165, 1.54) is 13.2 Å². The quantitative estimate of drug-likeness (QED) is 0.603. The fourth-order valence-electron chi connectivity index (χ4n) is 2.50. The molecule has 0 unspecified atom stereocenters. The normalized spacial score (nSPS) is 10.6. The molecular weight excluding hydrogens is 396 g/mol. The highest BCUT2D eigenvalue weighted by Crippen LogP contribution is 2.29. The molecule has 2 amide bonds. The minimum absolute atomic E-state index is 0.0177. The number of anilines is 1. The molecule has 2 aromatic rings. The zero-order valence-electron chi connectivity index (χ0n) is 16.9. The lowest BCUT2D eigenvalue weighted by Crippen LogP contribution is -2.27. The van der Waals surface area contributed by atoms with E-state index in [-0.39, 0.29) is 22.9 Å². The lowest BCUT2D eigenvalue weighted by Gasteiger charge is -2.14. The van der Waals surface area contributed by atoms with E-state index in [1.54, 1.807) is 37.4 Å². The van der Waals surface area contributed by atoms with Gasteiger partial charge in [-0.05, 0) is 50.2 Å². The Hall–Kier alpha value is -2.77. The summed E-state index contributed by atoms with van der Waals surface area (Å²) >= 11 is 6.20. The molecule has 2 rings (SSSR count). The molecule has 0 saturated heterocycles. The summed E-state index contributed by atoms with van der Waals surface area (Å²) in [5.74, 6) is 0.376. The summed E-state index contributed by atoms with van der Waals surface area (Å²) in [5.41, 5.74) is 1.18. The van der Waals surface area contributed by atoms with E-state index < -0.39 is 0 Å². The first kappa shape index (κ1) is 22.5. The van der Waals surface area contributed by atoms with Crippen molar-refractivity contribution in [1.82, 2.24) is 5.32 Å². The number of amides is 2. The predicted molar refractivity (Wildman–Crippen MR) is 112 cm³/mol. The summed E-state index contributed by atoms with van der Waals surface area (Å²) in [6, 6.07) is 9.64. The maximum absolute atomic E-state index is 12.6. The van der Waals surface area contributed by atoms with Gasteiger partial charge in [0.1, 0.15) is 0 Å². The van der Waals surface area contributed by atoms with Crippen molar-refractivity contribution in [3.63, 3.8) is 0 Å². The van der Waals surface area contributed by atoms with E-state index in [0.29, 0.717) is 41.5 Å². The average Bonchev–Trinajstić information content (AvgIpc) is 2.68. The van der Waals surface area contributed by atoms with Gasteiger partial charge in [0.25, 0.3) is 11.8 Å². The average molecular weight is 421 g/mol. The minimum atomic E-state index is -0.340. The molecule has 29 heavy (non-hydrogen) atoms. The maximum Gasteiger partial charge on any atom is 0.255 e. The highest BCUT2D eigenvalue weighted by atomic mass is 35.5. The Bertz CT molecular complexity index is 870. The SMILES string of the molecule is COCCNC(=O)c1ccc(NC(=O)c2ccc(OC(C)C)c(OC)c2)cc1Cl. The third kappa shape index (κ3) is 6.37. The van der Waals surface area contributed by atoms with Gasteiger partial charge in [-0.15, -0.1) is 0 Å². The number of carbonyl (C=O) groups excluding carboxylic acids is 2. The predicted octanol–water partition coefficient (Wildman–Crippen LogP) is 3.76. The van der Waals surface area contributed by atoms with Crippen LogP contribution in [0.1, 0.15) is 34.6 Å². The number of carbonyl (C=O) groups is 2. The van der Waals surface area contributed by atoms with Gasteiger partial charge >= 0.3 is 0 Å². The topological polar surface area (TPSA) is 85.9 Å². The summed E-state index contributed by atoms with van der Waals surface area (Å²) in [7, 11) is 3.07. The second-order valence-electron chi connectivity index (χ2n) is 6.43. The van der Waals surface area contributed by atoms with Crippen molar-refractivity contribution >= 4 is 29.1 Å². The van der Waals surface area contributed by atoms with E-state index >= 15 is 0 Å². The van der Waals surface area contributed by atoms with Gasteiger partial charge in [-0.3, -0.25) is 9.59 Å². The molecule has 0 heterocycles. The highest BCUT2D eigenvalue weighted by Gasteiger charge is 2.14. The Morgan fingerprint density at radius 3 is 2.41 bits per heavy atom. The zero-order chi connectivity index (χ0) is 21.4. The van der Waals surface area contributed by atoms with Crippen molar-refractivity contribution in [1.29, 1.82) is 0 Å². The first-order chi connectivity index (χ1) is 13.8. The number of nitrogens with one attached hydrogen (secondary N) is 2. The van der Waals surface area contributed by atoms with Gasteiger partial charge in [0, 0.05) is 24.9 Å². The van der Waals surface area contributed by atoms with Crippen LogP contribution in [0.15, 0.2) is 36.4 Å². The second kappa shape index (κ2) is 10.7. The van der Waals surface area contributed by atoms with Crippen LogP contribution in [0.5, 0.6) is 11.5 Å². The van der Waals surface area contributed by atoms with E-state index in [4.69, 9.17) is 25.8 Å². The van der Waals surface area contributed by atoms with Crippen LogP contribution in [0.4, 0.5) is 5.69 Å². The van der Waals surface area contributed by atoms with Crippen LogP contribution in [0.3, 0.4) is 0 Å². The summed E-state index contributed by atoms with van der Waals surface area (Å²) < 4.78 is 15.9. The molecule has 0 bridgehead atoms. The molecule has 0 spiro atoms. The van der Waals surface area contributed by atoms with Crippen LogP contribution in [0.2, 0.25) is 5.02 Å². The monoisotopic (exact) mass is 420 g/mol. The number of methoxy groups -OCH3 is 2. The summed E-state index contributed by atoms with van der Waals surface area (Å²) in [5, 5.41) is 5.69. The van der Waals surface area contributed by atoms with Crippen LogP contribution < -0.4 is 20.1 Å². The van der Waals surface area contributed by atoms with Crippen LogP contribution in [0, 0.1) is 0 Å². The van der Waals surface area contributed by atoms with E-state index in [2.05, 4.69) is 10.6 Å². The lowest BCUT2D eigenvalue weighted by molar-refractivity contribution is 0.0936. The van der Waals surface area contributed by atoms with Crippen LogP contribution in [0.25, 0.3) is 0 Å². The molecule has 0 atom stereocenters. The molecule has 8 heteroatoms. The van der Waals surface area contributed by atoms with Crippen molar-refractivity contribution in [3.05, 3.63) is 52.5 Å². The van der Waals surface area contributed by atoms with Gasteiger partial charge in [-0.2, -0.15) is 0 Å². The molecule has 0 aliphatic rings. The Morgan fingerprint density at radius 2 is 1.79 bits per heavy atom. The summed E-state index contributed by atoms with van der Waals surface area (Å²) in [6.45, 7) is 4.60. The molecule has 0 aliphatic heterocycles. The van der Waals surface area contributed by atoms with Crippen molar-refractivity contribution in [2.75, 3.05) is 32.7 Å². The van der Waals surface area contributed by atoms with E-state index in [1.807, 2.05) is 13.8 Å². The van der Waals surface area contributed by atoms with Gasteiger partial charge in [0.05, 0.1) is 30.4 Å². The third-order valence-electron chi connectivity index (χ3n) is 3.85. The Kier molecular flexibility index (Phi) is 8.30. The van der Waals surface area contributed by atoms with Gasteiger partial charge in [0.15, 0.2) is 11.5 Å². The molecule has 2 N–H and O–H groups in total. The van der Waals surface area contributed by atoms with Crippen LogP contribution in [-0.2, 0) is 4.74 Å². The molecule has 2 aromatic carbocycles. The molecule has 156 valence electrons. The maximum atomic E-state index is 12.6. The fourth-order valence-corrected chi connectivity index (χ4v) is 2.77. The Balaban J connectivity index is 2.10. The molecule has 0 fully saturated rings. The van der Waals surface area contributed by atoms with Crippen LogP contribution >= 0.6 is 11.6 Å². The van der Waals surface area contributed by atoms with Gasteiger partial charge in [0.2, 0.25) is 0 Å². The first-order valence-electron chi connectivity index (χ1n) is 9.08. The molecular formula is C21H25ClN2O5. The largest absolute Gasteiger partial charge is 0.493 e. The van der Waals surface area contributed by atoms with Gasteiger partial charge in [-0.25, -0.2) is 0 Å². The molecule has 0 aromatic heterocycles. The number of benzene rings is 2. The Morgan fingerprint density at radius 1 is 1.03 bits per heavy atom. The number of rotatable bonds is 9. The number of halogens is 1. The zero-order valence-corrected chi connectivity index (χ0v) is 17.6. The van der Waals surface area contributed by atoms with Crippen molar-refractivity contribution in [3.8, 4) is 11.5 Å². The number of hydrogen-bond acceptors (Lipinski definition) is 5. The number of hydrogen-bond donors (Lipinski definition) is 2. The van der Waals surface area contributed by atoms with Gasteiger partial charge in [-0.1, -0.05) is 11.6 Å². The Labute approximate surface area is 175 Å². The first-order valence-corrected chi connectivity index (χ1v) is 9.46.